The summed E-state index contributed by atoms with van der Waals surface area (Å²) < 4.78 is 118. The Balaban J connectivity index is 3.88. The molecule has 66 heavy (non-hydrogen) atoms. The van der Waals surface area contributed by atoms with Crippen LogP contribution < -0.4 is 0 Å². The molecule has 1 aliphatic rings. The molecule has 384 valence electrons. The highest BCUT2D eigenvalue weighted by Gasteiger charge is 2.58. The van der Waals surface area contributed by atoms with E-state index in [0.717, 1.165) is 0 Å². The van der Waals surface area contributed by atoms with Crippen molar-refractivity contribution in [3.8, 4) is 0 Å². The van der Waals surface area contributed by atoms with Gasteiger partial charge in [0.15, 0.2) is 0 Å². The van der Waals surface area contributed by atoms with Crippen molar-refractivity contribution >= 4 is 59.3 Å². The molecule has 0 amide bonds. The van der Waals surface area contributed by atoms with Gasteiger partial charge in [-0.05, 0) is 38.5 Å². The van der Waals surface area contributed by atoms with Gasteiger partial charge in [-0.3, -0.25) is 42.3 Å². The topological polar surface area (TPSA) is 353 Å². The van der Waals surface area contributed by atoms with Crippen LogP contribution >= 0.6 is 23.5 Å². The summed E-state index contributed by atoms with van der Waals surface area (Å²) in [6, 6.07) is 0. The van der Waals surface area contributed by atoms with Crippen molar-refractivity contribution in [3.63, 3.8) is 0 Å². The number of hydrogen-bond donors (Lipinski definition) is 3. The predicted molar refractivity (Wildman–Crippen MR) is 217 cm³/mol. The van der Waals surface area contributed by atoms with Gasteiger partial charge >= 0.3 is 59.3 Å². The Morgan fingerprint density at radius 1 is 0.333 bits per heavy atom. The van der Waals surface area contributed by atoms with E-state index in [1.807, 2.05) is 0 Å². The average molecular weight is 1020 g/mol. The minimum Gasteiger partial charge on any atom is -0.438 e. The fraction of sp³-hybridized carbons (Fsp3) is 0.833. The summed E-state index contributed by atoms with van der Waals surface area (Å²) in [6.07, 6.45) is -14.3. The zero-order chi connectivity index (χ0) is 49.8. The lowest BCUT2D eigenvalue weighted by molar-refractivity contribution is -0.220. The van der Waals surface area contributed by atoms with E-state index in [-0.39, 0.29) is 38.5 Å². The maximum Gasteiger partial charge on any atom is 0.481 e. The number of carbonyl (C=O) groups excluding carboxylic acids is 6. The van der Waals surface area contributed by atoms with Crippen LogP contribution in [0.5, 0.6) is 0 Å². The Labute approximate surface area is 381 Å². The third-order valence-electron chi connectivity index (χ3n) is 8.08. The number of rotatable bonds is 36. The van der Waals surface area contributed by atoms with Gasteiger partial charge in [0.25, 0.3) is 0 Å². The zero-order valence-electron chi connectivity index (χ0n) is 37.7. The molecule has 0 unspecified atom stereocenters. The van der Waals surface area contributed by atoms with E-state index in [0.29, 0.717) is 38.5 Å². The molecule has 0 aromatic carbocycles. The third-order valence-corrected chi connectivity index (χ3v) is 12.1. The normalized spacial score (nSPS) is 20.0. The van der Waals surface area contributed by atoms with Crippen molar-refractivity contribution < 1.29 is 127 Å². The number of phosphoric acid groups is 3. The fourth-order valence-electron chi connectivity index (χ4n) is 4.87. The Kier molecular flexibility index (Phi) is 30.3. The van der Waals surface area contributed by atoms with E-state index in [1.165, 1.54) is 0 Å². The number of aliphatic hydroxyl groups excluding tert-OH is 3. The lowest BCUT2D eigenvalue weighted by Crippen LogP contribution is -2.65. The first-order chi connectivity index (χ1) is 31.2. The van der Waals surface area contributed by atoms with Crippen molar-refractivity contribution in [1.29, 1.82) is 0 Å². The molecule has 1 rings (SSSR count). The zero-order valence-corrected chi connectivity index (χ0v) is 40.4. The summed E-state index contributed by atoms with van der Waals surface area (Å²) >= 11 is 0. The summed E-state index contributed by atoms with van der Waals surface area (Å²) in [6.45, 7) is 2.79. The van der Waals surface area contributed by atoms with Gasteiger partial charge in [0.05, 0.1) is 0 Å². The van der Waals surface area contributed by atoms with Crippen LogP contribution in [0.2, 0.25) is 0 Å². The molecule has 0 aliphatic heterocycles. The minimum atomic E-state index is -5.46. The van der Waals surface area contributed by atoms with Crippen LogP contribution in [0.25, 0.3) is 0 Å². The second-order valence-corrected chi connectivity index (χ2v) is 18.5. The van der Waals surface area contributed by atoms with Crippen LogP contribution in [0.15, 0.2) is 0 Å². The van der Waals surface area contributed by atoms with E-state index in [4.69, 9.17) is 69.1 Å². The van der Waals surface area contributed by atoms with Gasteiger partial charge in [-0.2, -0.15) is 0 Å². The molecule has 0 radical (unpaired) electrons. The van der Waals surface area contributed by atoms with E-state index in [2.05, 4.69) is 0 Å². The molecule has 0 bridgehead atoms. The number of aliphatic hydroxyl groups is 3. The summed E-state index contributed by atoms with van der Waals surface area (Å²) in [5.41, 5.74) is 0. The van der Waals surface area contributed by atoms with Gasteiger partial charge in [0.1, 0.15) is 36.6 Å². The van der Waals surface area contributed by atoms with Crippen molar-refractivity contribution in [1.82, 2.24) is 0 Å². The molecule has 0 saturated heterocycles. The van der Waals surface area contributed by atoms with E-state index in [1.54, 1.807) is 41.5 Å². The molecule has 0 heterocycles. The standard InChI is InChI=1S/C36H63O27P3/c1-7-13-25(37)49-19-55-64(46,56-20-50-26(38)14-8-2)61-34-31(43)32(44)35(62-65(47,57-21-51-27(39)15-9-3)58-22-52-28(40)16-10-4)36(33(34)45)63-66(48,59-23-53-29(41)17-11-5)60-24-54-30(42)18-12-6/h31-36,43-45H,7-24H2,1-6H3/t31-,32+,33+,34-,35-,36-/m1/s1. The highest BCUT2D eigenvalue weighted by atomic mass is 31.2. The number of ether oxygens (including phenoxy) is 6. The summed E-state index contributed by atoms with van der Waals surface area (Å²) in [5, 5.41) is 34.8. The molecule has 27 nitrogen and oxygen atoms in total. The lowest BCUT2D eigenvalue weighted by Gasteiger charge is -2.45. The lowest BCUT2D eigenvalue weighted by atomic mass is 9.85. The van der Waals surface area contributed by atoms with Gasteiger partial charge in [0, 0.05) is 38.5 Å². The van der Waals surface area contributed by atoms with E-state index in [9.17, 15) is 57.8 Å². The van der Waals surface area contributed by atoms with Gasteiger partial charge < -0.3 is 43.7 Å². The van der Waals surface area contributed by atoms with Crippen LogP contribution in [-0.4, -0.2) is 129 Å². The first-order valence-corrected chi connectivity index (χ1v) is 25.3. The molecular weight excluding hydrogens is 957 g/mol. The largest absolute Gasteiger partial charge is 0.481 e. The first-order valence-electron chi connectivity index (χ1n) is 21.0. The smallest absolute Gasteiger partial charge is 0.438 e. The maximum atomic E-state index is 14.3. The van der Waals surface area contributed by atoms with Gasteiger partial charge in [-0.1, -0.05) is 41.5 Å². The number of hydrogen-bond acceptors (Lipinski definition) is 27. The molecule has 6 atom stereocenters. The Morgan fingerprint density at radius 3 is 0.727 bits per heavy atom. The molecule has 0 spiro atoms. The Bertz CT molecular complexity index is 1560. The van der Waals surface area contributed by atoms with Crippen molar-refractivity contribution in [2.45, 2.75) is 155 Å². The Morgan fingerprint density at radius 2 is 0.515 bits per heavy atom. The molecule has 30 heteroatoms. The summed E-state index contributed by atoms with van der Waals surface area (Å²) in [4.78, 5) is 72.5. The minimum absolute atomic E-state index is 0.115. The third kappa shape index (κ3) is 23.8. The molecule has 3 N–H and O–H groups in total. The number of phosphoric ester groups is 3. The van der Waals surface area contributed by atoms with Crippen LogP contribution in [0.1, 0.15) is 119 Å². The van der Waals surface area contributed by atoms with Crippen LogP contribution in [-0.2, 0) is 112 Å². The van der Waals surface area contributed by atoms with Crippen molar-refractivity contribution in [2.75, 3.05) is 40.8 Å². The number of esters is 6. The average Bonchev–Trinajstić information content (AvgIpc) is 3.23. The molecule has 0 aromatic rings. The second kappa shape index (κ2) is 32.7. The molecule has 1 fully saturated rings. The monoisotopic (exact) mass is 1020 g/mol. The van der Waals surface area contributed by atoms with Crippen molar-refractivity contribution in [2.24, 2.45) is 0 Å². The quantitative estimate of drug-likeness (QED) is 0.0337. The highest BCUT2D eigenvalue weighted by molar-refractivity contribution is 7.49. The van der Waals surface area contributed by atoms with Gasteiger partial charge in [-0.15, -0.1) is 0 Å². The van der Waals surface area contributed by atoms with E-state index >= 15 is 0 Å². The SMILES string of the molecule is CCCC(=O)OCOP(=O)(OCOC(=O)CCC)O[C@@H]1[C@H](O)[C@H](O)[C@@H](OP(=O)(OCOC(=O)CCC)OCOC(=O)CCC)[C@H](OP(=O)(OCOC(=O)CCC)OCOC(=O)CCC)[C@H]1O. The highest BCUT2D eigenvalue weighted by Crippen LogP contribution is 2.58. The summed E-state index contributed by atoms with van der Waals surface area (Å²) in [5.74, 6) is -5.12. The van der Waals surface area contributed by atoms with Crippen LogP contribution in [0, 0.1) is 0 Å². The molecule has 0 aromatic heterocycles. The Hall–Kier alpha value is -2.97. The summed E-state index contributed by atoms with van der Waals surface area (Å²) in [7, 11) is -16.2. The number of carbonyl (C=O) groups is 6. The van der Waals surface area contributed by atoms with E-state index < -0.39 is 137 Å². The van der Waals surface area contributed by atoms with Crippen LogP contribution in [0.4, 0.5) is 0 Å². The van der Waals surface area contributed by atoms with Crippen molar-refractivity contribution in [3.05, 3.63) is 0 Å². The fourth-order valence-corrected chi connectivity index (χ4v) is 8.19. The predicted octanol–water partition coefficient (Wildman–Crippen LogP) is 4.47. The first kappa shape index (κ1) is 61.0. The molecular formula is C36H63O27P3. The van der Waals surface area contributed by atoms with Gasteiger partial charge in [0.2, 0.25) is 40.8 Å². The second-order valence-electron chi connectivity index (χ2n) is 13.6. The maximum absolute atomic E-state index is 14.3. The molecule has 1 aliphatic carbocycles. The van der Waals surface area contributed by atoms with Gasteiger partial charge in [-0.25, -0.2) is 40.8 Å². The van der Waals surface area contributed by atoms with Crippen LogP contribution in [0.3, 0.4) is 0 Å². The molecule has 1 saturated carbocycles.